The lowest BCUT2D eigenvalue weighted by molar-refractivity contribution is -0.130. The van der Waals surface area contributed by atoms with E-state index in [0.29, 0.717) is 6.54 Å². The Bertz CT molecular complexity index is 749. The number of fused-ring (bicyclic) bond motifs is 1. The first-order chi connectivity index (χ1) is 11.9. The summed E-state index contributed by atoms with van der Waals surface area (Å²) < 4.78 is 0. The largest absolute Gasteiger partial charge is 0.351 e. The van der Waals surface area contributed by atoms with Gasteiger partial charge in [-0.3, -0.25) is 9.59 Å². The molecular formula is C20H28ClN3O2. The number of rotatable bonds is 7. The number of amides is 2. The summed E-state index contributed by atoms with van der Waals surface area (Å²) in [4.78, 5) is 24.7. The summed E-state index contributed by atoms with van der Waals surface area (Å²) in [5.41, 5.74) is 6.47. The Morgan fingerprint density at radius 3 is 2.27 bits per heavy atom. The zero-order valence-electron chi connectivity index (χ0n) is 15.5. The van der Waals surface area contributed by atoms with Crippen LogP contribution in [0, 0.1) is 5.92 Å². The van der Waals surface area contributed by atoms with Crippen LogP contribution >= 0.6 is 12.4 Å². The molecule has 2 amide bonds. The van der Waals surface area contributed by atoms with Gasteiger partial charge in [0.2, 0.25) is 11.8 Å². The average Bonchev–Trinajstić information content (AvgIpc) is 2.59. The van der Waals surface area contributed by atoms with Gasteiger partial charge >= 0.3 is 0 Å². The molecule has 0 bridgehead atoms. The molecule has 142 valence electrons. The minimum Gasteiger partial charge on any atom is -0.351 e. The van der Waals surface area contributed by atoms with Crippen molar-refractivity contribution in [3.63, 3.8) is 0 Å². The standard InChI is InChI=1S/C20H27N3O2.ClH/c1-13(2)19(20(25)22-14(3)12-21)23-18(24)11-15-8-9-16-6-4-5-7-17(16)10-15;/h4-10,13-14,19H,11-12,21H2,1-3H3,(H,22,25)(H,23,24);1H/t14-,19?;/m0./s1. The van der Waals surface area contributed by atoms with E-state index in [0.717, 1.165) is 16.3 Å². The summed E-state index contributed by atoms with van der Waals surface area (Å²) in [7, 11) is 0. The molecule has 0 aliphatic rings. The lowest BCUT2D eigenvalue weighted by atomic mass is 10.0. The summed E-state index contributed by atoms with van der Waals surface area (Å²) in [5, 5.41) is 7.92. The third-order valence-electron chi connectivity index (χ3n) is 4.19. The SMILES string of the molecule is CC(C)C(NC(=O)Cc1ccc2ccccc2c1)C(=O)N[C@@H](C)CN.Cl. The fourth-order valence-corrected chi connectivity index (χ4v) is 2.69. The fourth-order valence-electron chi connectivity index (χ4n) is 2.69. The maximum Gasteiger partial charge on any atom is 0.243 e. The van der Waals surface area contributed by atoms with Crippen LogP contribution in [0.4, 0.5) is 0 Å². The van der Waals surface area contributed by atoms with Gasteiger partial charge in [-0.2, -0.15) is 0 Å². The van der Waals surface area contributed by atoms with Gasteiger partial charge in [-0.05, 0) is 29.2 Å². The van der Waals surface area contributed by atoms with E-state index >= 15 is 0 Å². The molecule has 0 aromatic heterocycles. The fraction of sp³-hybridized carbons (Fsp3) is 0.400. The third-order valence-corrected chi connectivity index (χ3v) is 4.19. The number of halogens is 1. The van der Waals surface area contributed by atoms with E-state index in [2.05, 4.69) is 10.6 Å². The van der Waals surface area contributed by atoms with Crippen molar-refractivity contribution in [2.45, 2.75) is 39.3 Å². The summed E-state index contributed by atoms with van der Waals surface area (Å²) >= 11 is 0. The molecule has 0 saturated heterocycles. The van der Waals surface area contributed by atoms with Gasteiger partial charge in [0.25, 0.3) is 0 Å². The minimum absolute atomic E-state index is 0. The first-order valence-electron chi connectivity index (χ1n) is 8.68. The van der Waals surface area contributed by atoms with E-state index in [1.807, 2.05) is 63.2 Å². The van der Waals surface area contributed by atoms with Gasteiger partial charge in [0.15, 0.2) is 0 Å². The Balaban J connectivity index is 0.00000338. The zero-order chi connectivity index (χ0) is 18.4. The van der Waals surface area contributed by atoms with Crippen molar-refractivity contribution in [2.24, 2.45) is 11.7 Å². The van der Waals surface area contributed by atoms with Crippen LogP contribution in [0.15, 0.2) is 42.5 Å². The van der Waals surface area contributed by atoms with E-state index in [-0.39, 0.29) is 42.6 Å². The Kier molecular flexibility index (Phi) is 8.55. The number of nitrogens with one attached hydrogen (secondary N) is 2. The molecule has 0 heterocycles. The van der Waals surface area contributed by atoms with Crippen LogP contribution < -0.4 is 16.4 Å². The van der Waals surface area contributed by atoms with Crippen LogP contribution in [0.3, 0.4) is 0 Å². The molecule has 26 heavy (non-hydrogen) atoms. The molecule has 2 rings (SSSR count). The van der Waals surface area contributed by atoms with Crippen molar-refractivity contribution in [3.8, 4) is 0 Å². The second-order valence-corrected chi connectivity index (χ2v) is 6.79. The predicted molar refractivity (Wildman–Crippen MR) is 108 cm³/mol. The van der Waals surface area contributed by atoms with Crippen molar-refractivity contribution in [1.29, 1.82) is 0 Å². The Morgan fingerprint density at radius 2 is 1.65 bits per heavy atom. The van der Waals surface area contributed by atoms with Gasteiger partial charge in [-0.25, -0.2) is 0 Å². The maximum atomic E-state index is 12.4. The van der Waals surface area contributed by atoms with Gasteiger partial charge in [0.05, 0.1) is 6.42 Å². The molecule has 0 saturated carbocycles. The van der Waals surface area contributed by atoms with Crippen LogP contribution in [-0.4, -0.2) is 30.4 Å². The van der Waals surface area contributed by atoms with Crippen LogP contribution in [0.25, 0.3) is 10.8 Å². The van der Waals surface area contributed by atoms with E-state index in [1.165, 1.54) is 0 Å². The maximum absolute atomic E-state index is 12.4. The highest BCUT2D eigenvalue weighted by Crippen LogP contribution is 2.16. The summed E-state index contributed by atoms with van der Waals surface area (Å²) in [5.74, 6) is -0.366. The summed E-state index contributed by atoms with van der Waals surface area (Å²) in [6.07, 6.45) is 0.244. The first kappa shape index (κ1) is 21.9. The monoisotopic (exact) mass is 377 g/mol. The molecule has 0 aliphatic carbocycles. The highest BCUT2D eigenvalue weighted by molar-refractivity contribution is 5.89. The molecule has 0 fully saturated rings. The van der Waals surface area contributed by atoms with Crippen LogP contribution in [0.1, 0.15) is 26.3 Å². The van der Waals surface area contributed by atoms with Crippen LogP contribution in [0.2, 0.25) is 0 Å². The minimum atomic E-state index is -0.568. The normalized spacial score (nSPS) is 13.0. The van der Waals surface area contributed by atoms with Crippen molar-refractivity contribution in [3.05, 3.63) is 48.0 Å². The molecule has 2 aromatic carbocycles. The first-order valence-corrected chi connectivity index (χ1v) is 8.68. The Labute approximate surface area is 161 Å². The quantitative estimate of drug-likeness (QED) is 0.692. The summed E-state index contributed by atoms with van der Waals surface area (Å²) in [6.45, 7) is 6.02. The Morgan fingerprint density at radius 1 is 1.00 bits per heavy atom. The smallest absolute Gasteiger partial charge is 0.243 e. The molecule has 0 radical (unpaired) electrons. The van der Waals surface area contributed by atoms with E-state index in [9.17, 15) is 9.59 Å². The van der Waals surface area contributed by atoms with Gasteiger partial charge in [0.1, 0.15) is 6.04 Å². The van der Waals surface area contributed by atoms with Gasteiger partial charge in [-0.15, -0.1) is 12.4 Å². The number of carbonyl (C=O) groups excluding carboxylic acids is 2. The number of nitrogens with two attached hydrogens (primary N) is 1. The van der Waals surface area contributed by atoms with Crippen molar-refractivity contribution in [2.75, 3.05) is 6.54 Å². The molecule has 6 heteroatoms. The highest BCUT2D eigenvalue weighted by Gasteiger charge is 2.24. The Hall–Kier alpha value is -2.11. The molecule has 0 aliphatic heterocycles. The predicted octanol–water partition coefficient (Wildman–Crippen LogP) is 2.41. The summed E-state index contributed by atoms with van der Waals surface area (Å²) in [6, 6.07) is 13.3. The molecule has 4 N–H and O–H groups in total. The van der Waals surface area contributed by atoms with Crippen LogP contribution in [0.5, 0.6) is 0 Å². The molecule has 0 spiro atoms. The zero-order valence-corrected chi connectivity index (χ0v) is 16.3. The molecule has 2 atom stereocenters. The van der Waals surface area contributed by atoms with Crippen molar-refractivity contribution < 1.29 is 9.59 Å². The second kappa shape index (κ2) is 10.1. The van der Waals surface area contributed by atoms with Gasteiger partial charge in [0, 0.05) is 12.6 Å². The topological polar surface area (TPSA) is 84.2 Å². The molecule has 2 aromatic rings. The lowest BCUT2D eigenvalue weighted by Crippen LogP contribution is -2.53. The third kappa shape index (κ3) is 6.00. The van der Waals surface area contributed by atoms with Crippen LogP contribution in [-0.2, 0) is 16.0 Å². The van der Waals surface area contributed by atoms with Crippen molar-refractivity contribution in [1.82, 2.24) is 10.6 Å². The molecule has 1 unspecified atom stereocenters. The number of carbonyl (C=O) groups is 2. The molecular weight excluding hydrogens is 350 g/mol. The highest BCUT2D eigenvalue weighted by atomic mass is 35.5. The number of hydrogen-bond donors (Lipinski definition) is 3. The van der Waals surface area contributed by atoms with E-state index in [1.54, 1.807) is 0 Å². The van der Waals surface area contributed by atoms with Gasteiger partial charge in [-0.1, -0.05) is 56.3 Å². The lowest BCUT2D eigenvalue weighted by Gasteiger charge is -2.23. The van der Waals surface area contributed by atoms with Gasteiger partial charge < -0.3 is 16.4 Å². The average molecular weight is 378 g/mol. The second-order valence-electron chi connectivity index (χ2n) is 6.79. The van der Waals surface area contributed by atoms with E-state index < -0.39 is 6.04 Å². The van der Waals surface area contributed by atoms with Crippen molar-refractivity contribution >= 4 is 35.0 Å². The number of benzene rings is 2. The van der Waals surface area contributed by atoms with E-state index in [4.69, 9.17) is 5.73 Å². The number of hydrogen-bond acceptors (Lipinski definition) is 3. The molecule has 5 nitrogen and oxygen atoms in total.